The van der Waals surface area contributed by atoms with Crippen molar-refractivity contribution in [2.75, 3.05) is 26.8 Å². The predicted molar refractivity (Wildman–Crippen MR) is 96.5 cm³/mol. The molecule has 2 rings (SSSR count). The first kappa shape index (κ1) is 18.4. The van der Waals surface area contributed by atoms with Crippen LogP contribution in [0.4, 0.5) is 0 Å². The van der Waals surface area contributed by atoms with Crippen LogP contribution >= 0.6 is 15.9 Å². The average molecular weight is 383 g/mol. The zero-order valence-electron chi connectivity index (χ0n) is 14.0. The molecule has 0 aliphatic carbocycles. The molecule has 1 saturated heterocycles. The van der Waals surface area contributed by atoms with E-state index in [0.717, 1.165) is 43.2 Å². The van der Waals surface area contributed by atoms with E-state index in [4.69, 9.17) is 4.74 Å². The maximum atomic E-state index is 12.8. The van der Waals surface area contributed by atoms with Gasteiger partial charge in [-0.3, -0.25) is 4.79 Å². The molecule has 2 N–H and O–H groups in total. The van der Waals surface area contributed by atoms with Crippen LogP contribution in [0, 0.1) is 5.41 Å². The van der Waals surface area contributed by atoms with Crippen molar-refractivity contribution in [3.05, 3.63) is 34.3 Å². The first-order chi connectivity index (χ1) is 11.1. The van der Waals surface area contributed by atoms with Gasteiger partial charge in [-0.15, -0.1) is 0 Å². The summed E-state index contributed by atoms with van der Waals surface area (Å²) in [6, 6.07) is 8.52. The molecule has 1 amide bonds. The monoisotopic (exact) mass is 382 g/mol. The second-order valence-electron chi connectivity index (χ2n) is 6.50. The number of carbonyl (C=O) groups is 1. The van der Waals surface area contributed by atoms with Gasteiger partial charge in [0, 0.05) is 17.6 Å². The second kappa shape index (κ2) is 8.81. The molecule has 1 fully saturated rings. The van der Waals surface area contributed by atoms with Gasteiger partial charge in [-0.2, -0.15) is 0 Å². The number of rotatable bonds is 7. The van der Waals surface area contributed by atoms with E-state index in [-0.39, 0.29) is 17.4 Å². The summed E-state index contributed by atoms with van der Waals surface area (Å²) < 4.78 is 6.43. The van der Waals surface area contributed by atoms with Crippen LogP contribution in [0.1, 0.15) is 31.7 Å². The summed E-state index contributed by atoms with van der Waals surface area (Å²) >= 11 is 3.45. The number of ether oxygens (including phenoxy) is 1. The lowest BCUT2D eigenvalue weighted by Crippen LogP contribution is -2.52. The van der Waals surface area contributed by atoms with Gasteiger partial charge in [0.25, 0.3) is 0 Å². The Balaban J connectivity index is 1.86. The van der Waals surface area contributed by atoms with Crippen molar-refractivity contribution in [1.29, 1.82) is 0 Å². The molecule has 0 saturated carbocycles. The summed E-state index contributed by atoms with van der Waals surface area (Å²) in [5, 5.41) is 6.52. The van der Waals surface area contributed by atoms with Crippen LogP contribution in [0.2, 0.25) is 0 Å². The number of hydrogen-bond donors (Lipinski definition) is 2. The fourth-order valence-corrected chi connectivity index (χ4v) is 3.37. The Morgan fingerprint density at radius 1 is 1.35 bits per heavy atom. The molecule has 0 aromatic heterocycles. The number of aryl methyl sites for hydroxylation is 1. The third-order valence-corrected chi connectivity index (χ3v) is 5.15. The van der Waals surface area contributed by atoms with Gasteiger partial charge in [0.1, 0.15) is 0 Å². The Labute approximate surface area is 147 Å². The maximum absolute atomic E-state index is 12.8. The smallest absolute Gasteiger partial charge is 0.228 e. The highest BCUT2D eigenvalue weighted by Gasteiger charge is 2.39. The number of benzene rings is 1. The van der Waals surface area contributed by atoms with Crippen LogP contribution in [0.3, 0.4) is 0 Å². The third-order valence-electron chi connectivity index (χ3n) is 4.62. The van der Waals surface area contributed by atoms with E-state index in [0.29, 0.717) is 6.61 Å². The van der Waals surface area contributed by atoms with Crippen molar-refractivity contribution >= 4 is 21.8 Å². The fraction of sp³-hybridized carbons (Fsp3) is 0.611. The van der Waals surface area contributed by atoms with E-state index in [1.165, 1.54) is 5.56 Å². The Hall–Kier alpha value is -0.910. The number of halogens is 1. The lowest BCUT2D eigenvalue weighted by molar-refractivity contribution is -0.136. The highest BCUT2D eigenvalue weighted by molar-refractivity contribution is 9.10. The van der Waals surface area contributed by atoms with Crippen molar-refractivity contribution in [3.8, 4) is 0 Å². The van der Waals surface area contributed by atoms with Gasteiger partial charge in [0.2, 0.25) is 5.91 Å². The van der Waals surface area contributed by atoms with Gasteiger partial charge in [0.05, 0.1) is 12.0 Å². The van der Waals surface area contributed by atoms with Gasteiger partial charge in [0.15, 0.2) is 0 Å². The van der Waals surface area contributed by atoms with Crippen LogP contribution in [-0.2, 0) is 16.0 Å². The first-order valence-corrected chi connectivity index (χ1v) is 9.10. The van der Waals surface area contributed by atoms with Gasteiger partial charge >= 0.3 is 0 Å². The Kier molecular flexibility index (Phi) is 7.06. The van der Waals surface area contributed by atoms with Crippen LogP contribution < -0.4 is 10.6 Å². The highest BCUT2D eigenvalue weighted by atomic mass is 79.9. The van der Waals surface area contributed by atoms with Gasteiger partial charge in [-0.1, -0.05) is 28.1 Å². The Bertz CT molecular complexity index is 493. The molecule has 1 aliphatic heterocycles. The van der Waals surface area contributed by atoms with Crippen molar-refractivity contribution < 1.29 is 9.53 Å². The maximum Gasteiger partial charge on any atom is 0.228 e. The Morgan fingerprint density at radius 2 is 2.00 bits per heavy atom. The molecule has 1 aromatic carbocycles. The number of nitrogens with one attached hydrogen (secondary N) is 2. The quantitative estimate of drug-likeness (QED) is 0.761. The zero-order valence-corrected chi connectivity index (χ0v) is 15.6. The molecule has 1 atom stereocenters. The molecule has 0 spiro atoms. The van der Waals surface area contributed by atoms with Crippen molar-refractivity contribution in [3.63, 3.8) is 0 Å². The minimum Gasteiger partial charge on any atom is -0.384 e. The molecule has 0 bridgehead atoms. The number of piperidine rings is 1. The molecule has 1 heterocycles. The summed E-state index contributed by atoms with van der Waals surface area (Å²) in [6.45, 7) is 4.34. The van der Waals surface area contributed by atoms with E-state index < -0.39 is 0 Å². The summed E-state index contributed by atoms with van der Waals surface area (Å²) in [4.78, 5) is 12.8. The molecule has 5 heteroatoms. The third kappa shape index (κ3) is 5.30. The minimum absolute atomic E-state index is 0.143. The van der Waals surface area contributed by atoms with Crippen molar-refractivity contribution in [2.45, 2.75) is 38.6 Å². The lowest BCUT2D eigenvalue weighted by atomic mass is 9.78. The van der Waals surface area contributed by atoms with E-state index in [1.807, 2.05) is 0 Å². The molecule has 1 aliphatic rings. The zero-order chi connectivity index (χ0) is 16.7. The number of methoxy groups -OCH3 is 1. The number of hydrogen-bond acceptors (Lipinski definition) is 3. The van der Waals surface area contributed by atoms with Crippen LogP contribution in [0.5, 0.6) is 0 Å². The average Bonchev–Trinajstić information content (AvgIpc) is 2.55. The van der Waals surface area contributed by atoms with Gasteiger partial charge in [-0.05, 0) is 63.4 Å². The highest BCUT2D eigenvalue weighted by Crippen LogP contribution is 2.29. The lowest BCUT2D eigenvalue weighted by Gasteiger charge is -2.36. The van der Waals surface area contributed by atoms with E-state index in [9.17, 15) is 4.79 Å². The summed E-state index contributed by atoms with van der Waals surface area (Å²) in [7, 11) is 1.67. The molecule has 4 nitrogen and oxygen atoms in total. The normalized spacial score (nSPS) is 18.4. The summed E-state index contributed by atoms with van der Waals surface area (Å²) in [6.07, 6.45) is 3.58. The fourth-order valence-electron chi connectivity index (χ4n) is 3.10. The molecule has 23 heavy (non-hydrogen) atoms. The van der Waals surface area contributed by atoms with Gasteiger partial charge < -0.3 is 15.4 Å². The molecule has 1 aromatic rings. The van der Waals surface area contributed by atoms with E-state index >= 15 is 0 Å². The molecule has 0 radical (unpaired) electrons. The van der Waals surface area contributed by atoms with E-state index in [2.05, 4.69) is 57.8 Å². The molecule has 1 unspecified atom stereocenters. The number of carbonyl (C=O) groups excluding carboxylic acids is 1. The van der Waals surface area contributed by atoms with Crippen LogP contribution in [-0.4, -0.2) is 38.8 Å². The molecular weight excluding hydrogens is 356 g/mol. The minimum atomic E-state index is -0.369. The number of amides is 1. The van der Waals surface area contributed by atoms with Gasteiger partial charge in [-0.25, -0.2) is 0 Å². The topological polar surface area (TPSA) is 50.4 Å². The van der Waals surface area contributed by atoms with Crippen LogP contribution in [0.25, 0.3) is 0 Å². The van der Waals surface area contributed by atoms with Crippen molar-refractivity contribution in [1.82, 2.24) is 10.6 Å². The largest absolute Gasteiger partial charge is 0.384 e. The summed E-state index contributed by atoms with van der Waals surface area (Å²) in [5.74, 6) is 0.143. The standard InChI is InChI=1S/C18H27BrN2O2/c1-14(3-4-15-5-7-16(19)8-6-15)21-17(22)18(13-23-2)9-11-20-12-10-18/h5-8,14,20H,3-4,9-13H2,1-2H3,(H,21,22). The predicted octanol–water partition coefficient (Wildman–Crippen LogP) is 2.90. The Morgan fingerprint density at radius 3 is 2.61 bits per heavy atom. The SMILES string of the molecule is COCC1(C(=O)NC(C)CCc2ccc(Br)cc2)CCNCC1. The molecular formula is C18H27BrN2O2. The first-order valence-electron chi connectivity index (χ1n) is 8.31. The van der Waals surface area contributed by atoms with Crippen molar-refractivity contribution in [2.24, 2.45) is 5.41 Å². The van der Waals surface area contributed by atoms with Crippen LogP contribution in [0.15, 0.2) is 28.7 Å². The summed E-state index contributed by atoms with van der Waals surface area (Å²) in [5.41, 5.74) is 0.925. The molecule has 128 valence electrons. The second-order valence-corrected chi connectivity index (χ2v) is 7.42. The van der Waals surface area contributed by atoms with E-state index in [1.54, 1.807) is 7.11 Å².